The normalized spacial score (nSPS) is 30.4. The van der Waals surface area contributed by atoms with Gasteiger partial charge in [-0.05, 0) is 56.0 Å². The zero-order valence-electron chi connectivity index (χ0n) is 13.7. The molecule has 1 spiro atoms. The number of hydrogen-bond acceptors (Lipinski definition) is 4. The molecule has 5 heteroatoms. The van der Waals surface area contributed by atoms with Gasteiger partial charge in [-0.25, -0.2) is 0 Å². The van der Waals surface area contributed by atoms with E-state index in [1.165, 1.54) is 12.8 Å². The lowest BCUT2D eigenvalue weighted by atomic mass is 9.78. The third-order valence-corrected chi connectivity index (χ3v) is 6.51. The molecule has 3 aliphatic heterocycles. The van der Waals surface area contributed by atoms with Gasteiger partial charge < -0.3 is 14.5 Å². The van der Waals surface area contributed by atoms with Crippen LogP contribution in [0.25, 0.3) is 0 Å². The smallest absolute Gasteiger partial charge is 0.234 e. The fourth-order valence-electron chi connectivity index (χ4n) is 4.53. The van der Waals surface area contributed by atoms with E-state index in [0.717, 1.165) is 70.3 Å². The summed E-state index contributed by atoms with van der Waals surface area (Å²) in [5, 5.41) is 4.16. The molecule has 126 valence electrons. The van der Waals surface area contributed by atoms with E-state index in [0.29, 0.717) is 5.91 Å². The molecule has 3 aliphatic rings. The monoisotopic (exact) mass is 334 g/mol. The maximum absolute atomic E-state index is 13.1. The van der Waals surface area contributed by atoms with Crippen LogP contribution in [-0.4, -0.2) is 50.2 Å². The quantitative estimate of drug-likeness (QED) is 0.852. The Morgan fingerprint density at radius 1 is 1.26 bits per heavy atom. The second-order valence-corrected chi connectivity index (χ2v) is 8.14. The molecule has 1 aromatic heterocycles. The van der Waals surface area contributed by atoms with Crippen molar-refractivity contribution in [2.24, 2.45) is 11.3 Å². The molecule has 1 amide bonds. The molecule has 0 aliphatic carbocycles. The van der Waals surface area contributed by atoms with Crippen LogP contribution in [-0.2, 0) is 9.53 Å². The first kappa shape index (κ1) is 15.6. The topological polar surface area (TPSA) is 32.8 Å². The molecule has 4 nitrogen and oxygen atoms in total. The summed E-state index contributed by atoms with van der Waals surface area (Å²) in [5.74, 6) is 1.12. The molecule has 0 saturated carbocycles. The average Bonchev–Trinajstić information content (AvgIpc) is 3.19. The van der Waals surface area contributed by atoms with E-state index in [-0.39, 0.29) is 5.41 Å². The summed E-state index contributed by atoms with van der Waals surface area (Å²) in [5.41, 5.74) is 0.976. The minimum Gasteiger partial charge on any atom is -0.381 e. The van der Waals surface area contributed by atoms with Crippen molar-refractivity contribution in [2.45, 2.75) is 32.1 Å². The third-order valence-electron chi connectivity index (χ3n) is 5.84. The largest absolute Gasteiger partial charge is 0.381 e. The molecule has 0 radical (unpaired) electrons. The van der Waals surface area contributed by atoms with Gasteiger partial charge in [-0.1, -0.05) is 0 Å². The summed E-state index contributed by atoms with van der Waals surface area (Å²) in [7, 11) is 0. The Balaban J connectivity index is 1.43. The van der Waals surface area contributed by atoms with Gasteiger partial charge in [0.15, 0.2) is 0 Å². The molecule has 3 saturated heterocycles. The molecule has 1 atom stereocenters. The van der Waals surface area contributed by atoms with Crippen molar-refractivity contribution >= 4 is 22.9 Å². The first-order chi connectivity index (χ1) is 11.3. The van der Waals surface area contributed by atoms with Crippen molar-refractivity contribution in [1.29, 1.82) is 0 Å². The highest BCUT2D eigenvalue weighted by Crippen LogP contribution is 2.42. The van der Waals surface area contributed by atoms with Gasteiger partial charge in [-0.2, -0.15) is 11.3 Å². The Morgan fingerprint density at radius 3 is 2.91 bits per heavy atom. The van der Waals surface area contributed by atoms with E-state index >= 15 is 0 Å². The van der Waals surface area contributed by atoms with Crippen molar-refractivity contribution in [1.82, 2.24) is 4.90 Å². The minimum absolute atomic E-state index is 0.120. The number of rotatable bonds is 3. The molecule has 1 unspecified atom stereocenters. The highest BCUT2D eigenvalue weighted by Gasteiger charge is 2.49. The van der Waals surface area contributed by atoms with Crippen molar-refractivity contribution in [2.75, 3.05) is 44.3 Å². The van der Waals surface area contributed by atoms with Crippen LogP contribution in [0.3, 0.4) is 0 Å². The van der Waals surface area contributed by atoms with Gasteiger partial charge in [-0.15, -0.1) is 0 Å². The van der Waals surface area contributed by atoms with Crippen LogP contribution in [0.5, 0.6) is 0 Å². The standard InChI is InChI=1S/C18H26N2O2S/c21-17-18(6-8-20(17)16-4-11-23-13-16)5-1-7-19(14-18)12-15-2-9-22-10-3-15/h4,11,13,15H,1-3,5-10,12,14H2. The second kappa shape index (κ2) is 6.54. The lowest BCUT2D eigenvalue weighted by Gasteiger charge is -2.40. The summed E-state index contributed by atoms with van der Waals surface area (Å²) < 4.78 is 5.48. The summed E-state index contributed by atoms with van der Waals surface area (Å²) in [6.07, 6.45) is 5.60. The predicted octanol–water partition coefficient (Wildman–Crippen LogP) is 2.99. The van der Waals surface area contributed by atoms with Gasteiger partial charge in [0, 0.05) is 38.2 Å². The lowest BCUT2D eigenvalue weighted by molar-refractivity contribution is -0.128. The molecule has 3 fully saturated rings. The Morgan fingerprint density at radius 2 is 2.13 bits per heavy atom. The SMILES string of the molecule is O=C1N(c2ccsc2)CCC12CCCN(CC1CCOCC1)C2. The third kappa shape index (κ3) is 3.06. The van der Waals surface area contributed by atoms with Crippen LogP contribution in [0.1, 0.15) is 32.1 Å². The van der Waals surface area contributed by atoms with E-state index in [1.807, 2.05) is 4.90 Å². The fraction of sp³-hybridized carbons (Fsp3) is 0.722. The van der Waals surface area contributed by atoms with Crippen molar-refractivity contribution in [3.8, 4) is 0 Å². The van der Waals surface area contributed by atoms with E-state index in [9.17, 15) is 4.79 Å². The first-order valence-electron chi connectivity index (χ1n) is 8.91. The molecule has 4 heterocycles. The summed E-state index contributed by atoms with van der Waals surface area (Å²) >= 11 is 1.67. The van der Waals surface area contributed by atoms with E-state index in [2.05, 4.69) is 21.7 Å². The van der Waals surface area contributed by atoms with Gasteiger partial charge in [0.05, 0.1) is 11.1 Å². The number of nitrogens with zero attached hydrogens (tertiary/aromatic N) is 2. The lowest BCUT2D eigenvalue weighted by Crippen LogP contribution is -2.49. The number of ether oxygens (including phenoxy) is 1. The van der Waals surface area contributed by atoms with Crippen LogP contribution < -0.4 is 4.90 Å². The number of hydrogen-bond donors (Lipinski definition) is 0. The van der Waals surface area contributed by atoms with E-state index < -0.39 is 0 Å². The first-order valence-corrected chi connectivity index (χ1v) is 9.85. The number of amides is 1. The zero-order valence-corrected chi connectivity index (χ0v) is 14.5. The number of anilines is 1. The van der Waals surface area contributed by atoms with Crippen LogP contribution >= 0.6 is 11.3 Å². The number of carbonyl (C=O) groups is 1. The Kier molecular flexibility index (Phi) is 4.43. The summed E-state index contributed by atoms with van der Waals surface area (Å²) in [6, 6.07) is 2.07. The molecular formula is C18H26N2O2S. The molecule has 0 N–H and O–H groups in total. The highest BCUT2D eigenvalue weighted by molar-refractivity contribution is 7.08. The Hall–Kier alpha value is -0.910. The average molecular weight is 334 g/mol. The number of piperidine rings is 1. The zero-order chi connectivity index (χ0) is 15.7. The Labute approximate surface area is 142 Å². The molecular weight excluding hydrogens is 308 g/mol. The summed E-state index contributed by atoms with van der Waals surface area (Å²) in [6.45, 7) is 5.98. The van der Waals surface area contributed by atoms with Crippen molar-refractivity contribution < 1.29 is 9.53 Å². The molecule has 0 bridgehead atoms. The maximum Gasteiger partial charge on any atom is 0.234 e. The maximum atomic E-state index is 13.1. The van der Waals surface area contributed by atoms with E-state index in [1.54, 1.807) is 11.3 Å². The fourth-order valence-corrected chi connectivity index (χ4v) is 5.18. The van der Waals surface area contributed by atoms with Crippen molar-refractivity contribution in [3.63, 3.8) is 0 Å². The van der Waals surface area contributed by atoms with Crippen LogP contribution in [0.15, 0.2) is 16.8 Å². The van der Waals surface area contributed by atoms with Crippen LogP contribution in [0, 0.1) is 11.3 Å². The molecule has 0 aromatic carbocycles. The molecule has 1 aromatic rings. The van der Waals surface area contributed by atoms with Gasteiger partial charge in [-0.3, -0.25) is 4.79 Å². The molecule has 4 rings (SSSR count). The number of likely N-dealkylation sites (tertiary alicyclic amines) is 1. The van der Waals surface area contributed by atoms with Gasteiger partial charge in [0.25, 0.3) is 0 Å². The highest BCUT2D eigenvalue weighted by atomic mass is 32.1. The van der Waals surface area contributed by atoms with Gasteiger partial charge >= 0.3 is 0 Å². The van der Waals surface area contributed by atoms with Crippen LogP contribution in [0.4, 0.5) is 5.69 Å². The second-order valence-electron chi connectivity index (χ2n) is 7.36. The minimum atomic E-state index is -0.120. The van der Waals surface area contributed by atoms with E-state index in [4.69, 9.17) is 4.74 Å². The van der Waals surface area contributed by atoms with Gasteiger partial charge in [0.2, 0.25) is 5.91 Å². The molecule has 23 heavy (non-hydrogen) atoms. The van der Waals surface area contributed by atoms with Gasteiger partial charge in [0.1, 0.15) is 0 Å². The number of thiophene rings is 1. The van der Waals surface area contributed by atoms with Crippen molar-refractivity contribution in [3.05, 3.63) is 16.8 Å². The van der Waals surface area contributed by atoms with Crippen LogP contribution in [0.2, 0.25) is 0 Å². The number of carbonyl (C=O) groups excluding carboxylic acids is 1. The Bertz CT molecular complexity index is 541. The summed E-state index contributed by atoms with van der Waals surface area (Å²) in [4.78, 5) is 17.7. The predicted molar refractivity (Wildman–Crippen MR) is 92.9 cm³/mol.